The third-order valence-corrected chi connectivity index (χ3v) is 3.26. The molecule has 4 N–H and O–H groups in total. The van der Waals surface area contributed by atoms with Crippen molar-refractivity contribution in [3.63, 3.8) is 0 Å². The molecule has 0 radical (unpaired) electrons. The molecule has 0 atom stereocenters. The van der Waals surface area contributed by atoms with Crippen molar-refractivity contribution in [2.75, 3.05) is 11.1 Å². The second-order valence-electron chi connectivity index (χ2n) is 6.75. The maximum absolute atomic E-state index is 12.1. The van der Waals surface area contributed by atoms with Crippen molar-refractivity contribution in [3.05, 3.63) is 59.7 Å². The highest BCUT2D eigenvalue weighted by molar-refractivity contribution is 5.96. The van der Waals surface area contributed by atoms with Gasteiger partial charge in [0.15, 0.2) is 0 Å². The van der Waals surface area contributed by atoms with Gasteiger partial charge in [-0.3, -0.25) is 9.59 Å². The van der Waals surface area contributed by atoms with Crippen molar-refractivity contribution >= 4 is 35.6 Å². The Balaban J connectivity index is 0.00000312. The zero-order chi connectivity index (χ0) is 17.7. The molecule has 2 aromatic rings. The maximum Gasteiger partial charge on any atom is 0.251 e. The van der Waals surface area contributed by atoms with Crippen molar-refractivity contribution in [1.29, 1.82) is 0 Å². The molecule has 134 valence electrons. The standard InChI is InChI=1S/C19H23N3O2.ClH/c1-19(2,3)22-18(24)14-6-10-16(11-7-14)21-17(23)12-13-4-8-15(20)9-5-13;/h4-11H,12,20H2,1-3H3,(H,21,23)(H,22,24);1H. The van der Waals surface area contributed by atoms with Crippen molar-refractivity contribution in [2.45, 2.75) is 32.7 Å². The van der Waals surface area contributed by atoms with Crippen molar-refractivity contribution in [3.8, 4) is 0 Å². The molecule has 25 heavy (non-hydrogen) atoms. The minimum atomic E-state index is -0.289. The number of amides is 2. The molecule has 6 heteroatoms. The molecule has 5 nitrogen and oxygen atoms in total. The highest BCUT2D eigenvalue weighted by atomic mass is 35.5. The van der Waals surface area contributed by atoms with E-state index in [9.17, 15) is 9.59 Å². The fourth-order valence-electron chi connectivity index (χ4n) is 2.14. The summed E-state index contributed by atoms with van der Waals surface area (Å²) < 4.78 is 0. The number of hydrogen-bond acceptors (Lipinski definition) is 3. The van der Waals surface area contributed by atoms with Crippen molar-refractivity contribution < 1.29 is 9.59 Å². The smallest absolute Gasteiger partial charge is 0.251 e. The number of hydrogen-bond donors (Lipinski definition) is 3. The fraction of sp³-hybridized carbons (Fsp3) is 0.263. The third-order valence-electron chi connectivity index (χ3n) is 3.26. The Morgan fingerprint density at radius 2 is 1.52 bits per heavy atom. The summed E-state index contributed by atoms with van der Waals surface area (Å²) in [7, 11) is 0. The molecular weight excluding hydrogens is 338 g/mol. The number of nitrogens with one attached hydrogen (secondary N) is 2. The van der Waals surface area contributed by atoms with Crippen LogP contribution in [-0.2, 0) is 11.2 Å². The zero-order valence-corrected chi connectivity index (χ0v) is 15.4. The van der Waals surface area contributed by atoms with Gasteiger partial charge in [0, 0.05) is 22.5 Å². The second kappa shape index (κ2) is 8.53. The predicted molar refractivity (Wildman–Crippen MR) is 104 cm³/mol. The van der Waals surface area contributed by atoms with Crippen LogP contribution in [0.2, 0.25) is 0 Å². The Morgan fingerprint density at radius 3 is 2.04 bits per heavy atom. The number of carbonyl (C=O) groups is 2. The predicted octanol–water partition coefficient (Wildman–Crippen LogP) is 3.40. The van der Waals surface area contributed by atoms with Crippen LogP contribution in [-0.4, -0.2) is 17.4 Å². The molecule has 0 saturated heterocycles. The molecule has 0 aliphatic carbocycles. The van der Waals surface area contributed by atoms with E-state index in [1.807, 2.05) is 32.9 Å². The molecule has 0 spiro atoms. The summed E-state index contributed by atoms with van der Waals surface area (Å²) in [6.07, 6.45) is 0.270. The van der Waals surface area contributed by atoms with E-state index in [4.69, 9.17) is 5.73 Å². The van der Waals surface area contributed by atoms with Gasteiger partial charge in [-0.25, -0.2) is 0 Å². The molecule has 2 aromatic carbocycles. The topological polar surface area (TPSA) is 84.2 Å². The second-order valence-corrected chi connectivity index (χ2v) is 6.75. The maximum atomic E-state index is 12.1. The Bertz CT molecular complexity index is 720. The molecule has 2 rings (SSSR count). The molecule has 0 bridgehead atoms. The minimum absolute atomic E-state index is 0. The number of carbonyl (C=O) groups excluding carboxylic acids is 2. The van der Waals surface area contributed by atoms with Gasteiger partial charge in [-0.15, -0.1) is 12.4 Å². The number of rotatable bonds is 4. The first kappa shape index (κ1) is 20.5. The monoisotopic (exact) mass is 361 g/mol. The molecule has 0 aliphatic rings. The van der Waals surface area contributed by atoms with E-state index in [0.717, 1.165) is 5.56 Å². The molecule has 0 heterocycles. The molecule has 0 fully saturated rings. The van der Waals surface area contributed by atoms with E-state index >= 15 is 0 Å². The van der Waals surface area contributed by atoms with Crippen molar-refractivity contribution in [1.82, 2.24) is 5.32 Å². The van der Waals surface area contributed by atoms with Gasteiger partial charge < -0.3 is 16.4 Å². The van der Waals surface area contributed by atoms with Crippen molar-refractivity contribution in [2.24, 2.45) is 0 Å². The van der Waals surface area contributed by atoms with Crippen LogP contribution in [0.15, 0.2) is 48.5 Å². The molecule has 0 aliphatic heterocycles. The van der Waals surface area contributed by atoms with Crippen LogP contribution in [0.25, 0.3) is 0 Å². The molecule has 0 unspecified atom stereocenters. The van der Waals surface area contributed by atoms with Gasteiger partial charge in [-0.05, 0) is 62.7 Å². The molecule has 2 amide bonds. The summed E-state index contributed by atoms with van der Waals surface area (Å²) >= 11 is 0. The number of halogens is 1. The van der Waals surface area contributed by atoms with Crippen LogP contribution in [0.1, 0.15) is 36.7 Å². The SMILES string of the molecule is CC(C)(C)NC(=O)c1ccc(NC(=O)Cc2ccc(N)cc2)cc1.Cl. The van der Waals surface area contributed by atoms with Gasteiger partial charge in [0.05, 0.1) is 6.42 Å². The summed E-state index contributed by atoms with van der Waals surface area (Å²) in [6.45, 7) is 5.78. The third kappa shape index (κ3) is 6.85. The minimum Gasteiger partial charge on any atom is -0.399 e. The van der Waals surface area contributed by atoms with Gasteiger partial charge in [-0.1, -0.05) is 12.1 Å². The van der Waals surface area contributed by atoms with Gasteiger partial charge in [0.2, 0.25) is 5.91 Å². The lowest BCUT2D eigenvalue weighted by Crippen LogP contribution is -2.40. The lowest BCUT2D eigenvalue weighted by molar-refractivity contribution is -0.115. The van der Waals surface area contributed by atoms with Gasteiger partial charge >= 0.3 is 0 Å². The summed E-state index contributed by atoms with van der Waals surface area (Å²) in [4.78, 5) is 24.1. The summed E-state index contributed by atoms with van der Waals surface area (Å²) in [5.74, 6) is -0.256. The normalized spacial score (nSPS) is 10.5. The van der Waals surface area contributed by atoms with Gasteiger partial charge in [0.1, 0.15) is 0 Å². The van der Waals surface area contributed by atoms with Crippen LogP contribution in [0.5, 0.6) is 0 Å². The number of nitrogen functional groups attached to an aromatic ring is 1. The Kier molecular flexibility index (Phi) is 7.00. The summed E-state index contributed by atoms with van der Waals surface area (Å²) in [5.41, 5.74) is 8.11. The Hall–Kier alpha value is -2.53. The van der Waals surface area contributed by atoms with E-state index in [0.29, 0.717) is 16.9 Å². The van der Waals surface area contributed by atoms with Crippen LogP contribution in [0.3, 0.4) is 0 Å². The van der Waals surface area contributed by atoms with Crippen LogP contribution in [0, 0.1) is 0 Å². The first-order valence-electron chi connectivity index (χ1n) is 7.80. The van der Waals surface area contributed by atoms with Crippen LogP contribution >= 0.6 is 12.4 Å². The first-order valence-corrected chi connectivity index (χ1v) is 7.80. The molecular formula is C19H24ClN3O2. The first-order chi connectivity index (χ1) is 11.2. The van der Waals surface area contributed by atoms with Gasteiger partial charge in [0.25, 0.3) is 5.91 Å². The Morgan fingerprint density at radius 1 is 0.960 bits per heavy atom. The average Bonchev–Trinajstić information content (AvgIpc) is 2.48. The number of nitrogens with two attached hydrogens (primary N) is 1. The van der Waals surface area contributed by atoms with E-state index in [-0.39, 0.29) is 36.2 Å². The lowest BCUT2D eigenvalue weighted by Gasteiger charge is -2.20. The fourth-order valence-corrected chi connectivity index (χ4v) is 2.14. The van der Waals surface area contributed by atoms with E-state index in [2.05, 4.69) is 10.6 Å². The average molecular weight is 362 g/mol. The number of benzene rings is 2. The highest BCUT2D eigenvalue weighted by Crippen LogP contribution is 2.12. The zero-order valence-electron chi connectivity index (χ0n) is 14.6. The quantitative estimate of drug-likeness (QED) is 0.730. The largest absolute Gasteiger partial charge is 0.399 e. The van der Waals surface area contributed by atoms with Gasteiger partial charge in [-0.2, -0.15) is 0 Å². The summed E-state index contributed by atoms with van der Waals surface area (Å²) in [6, 6.07) is 14.0. The molecule has 0 aromatic heterocycles. The Labute approximate surface area is 154 Å². The highest BCUT2D eigenvalue weighted by Gasteiger charge is 2.15. The van der Waals surface area contributed by atoms with E-state index < -0.39 is 0 Å². The number of anilines is 2. The summed E-state index contributed by atoms with van der Waals surface area (Å²) in [5, 5.41) is 5.71. The van der Waals surface area contributed by atoms with Crippen LogP contribution < -0.4 is 16.4 Å². The van der Waals surface area contributed by atoms with Crippen LogP contribution in [0.4, 0.5) is 11.4 Å². The van der Waals surface area contributed by atoms with E-state index in [1.165, 1.54) is 0 Å². The van der Waals surface area contributed by atoms with E-state index in [1.54, 1.807) is 36.4 Å². The lowest BCUT2D eigenvalue weighted by atomic mass is 10.1. The molecule has 0 saturated carbocycles.